The molecular weight excluding hydrogens is 360 g/mol. The van der Waals surface area contributed by atoms with Gasteiger partial charge in [-0.3, -0.25) is 0 Å². The summed E-state index contributed by atoms with van der Waals surface area (Å²) in [5, 5.41) is 1.22. The molecule has 2 aromatic carbocycles. The Morgan fingerprint density at radius 2 is 1.57 bits per heavy atom. The molecule has 0 amide bonds. The molecule has 0 N–H and O–H groups in total. The van der Waals surface area contributed by atoms with Crippen LogP contribution in [0.5, 0.6) is 0 Å². The van der Waals surface area contributed by atoms with Crippen LogP contribution in [0.4, 0.5) is 5.69 Å². The van der Waals surface area contributed by atoms with Crippen molar-refractivity contribution in [3.8, 4) is 10.4 Å². The number of hydrogen-bond donors (Lipinski definition) is 0. The van der Waals surface area contributed by atoms with E-state index in [1.807, 2.05) is 6.07 Å². The number of rotatable bonds is 6. The van der Waals surface area contributed by atoms with Crippen LogP contribution in [-0.2, 0) is 0 Å². The zero-order chi connectivity index (χ0) is 19.3. The van der Waals surface area contributed by atoms with Crippen molar-refractivity contribution in [2.75, 3.05) is 18.0 Å². The maximum absolute atomic E-state index is 4.59. The second-order valence-corrected chi connectivity index (χ2v) is 7.55. The van der Waals surface area contributed by atoms with Crippen LogP contribution < -0.4 is 4.90 Å². The molecule has 140 valence electrons. The van der Waals surface area contributed by atoms with E-state index in [1.165, 1.54) is 32.6 Å². The van der Waals surface area contributed by atoms with Gasteiger partial charge >= 0.3 is 0 Å². The van der Waals surface area contributed by atoms with E-state index in [-0.39, 0.29) is 0 Å². The molecule has 1 aliphatic carbocycles. The van der Waals surface area contributed by atoms with Crippen LogP contribution in [0.2, 0.25) is 0 Å². The Morgan fingerprint density at radius 1 is 0.857 bits per heavy atom. The average Bonchev–Trinajstić information content (AvgIpc) is 3.17. The number of benzene rings is 2. The minimum atomic E-state index is 1.04. The maximum Gasteiger partial charge on any atom is 0.0838 e. The first-order valence-corrected chi connectivity index (χ1v) is 10.5. The SMILES string of the molecule is CCN(CC)c1ccc(C=CC=Cc2cc3snc4ccccc4c-3c2)cc1. The van der Waals surface area contributed by atoms with E-state index in [0.717, 1.165) is 18.6 Å². The fourth-order valence-corrected chi connectivity index (χ4v) is 4.30. The summed E-state index contributed by atoms with van der Waals surface area (Å²) in [7, 11) is 0. The fourth-order valence-electron chi connectivity index (χ4n) is 3.49. The largest absolute Gasteiger partial charge is 0.372 e. The van der Waals surface area contributed by atoms with Gasteiger partial charge in [-0.15, -0.1) is 0 Å². The lowest BCUT2D eigenvalue weighted by Gasteiger charge is -2.20. The third-order valence-electron chi connectivity index (χ3n) is 5.02. The molecule has 3 heteroatoms. The van der Waals surface area contributed by atoms with Crippen molar-refractivity contribution in [2.45, 2.75) is 13.8 Å². The summed E-state index contributed by atoms with van der Waals surface area (Å²) in [6.45, 7) is 6.45. The van der Waals surface area contributed by atoms with Crippen molar-refractivity contribution in [1.29, 1.82) is 0 Å². The molecule has 0 saturated heterocycles. The highest BCUT2D eigenvalue weighted by molar-refractivity contribution is 7.10. The molecule has 0 unspecified atom stereocenters. The molecule has 0 spiro atoms. The van der Waals surface area contributed by atoms with Gasteiger partial charge in [-0.25, -0.2) is 0 Å². The number of aromatic nitrogens is 1. The van der Waals surface area contributed by atoms with Gasteiger partial charge in [0, 0.05) is 29.7 Å². The molecule has 0 atom stereocenters. The molecule has 1 heterocycles. The van der Waals surface area contributed by atoms with Crippen LogP contribution in [0.15, 0.2) is 72.8 Å². The Hall–Kier alpha value is -2.91. The van der Waals surface area contributed by atoms with Gasteiger partial charge in [-0.05, 0) is 66.8 Å². The van der Waals surface area contributed by atoms with E-state index < -0.39 is 0 Å². The second-order valence-electron chi connectivity index (χ2n) is 6.75. The van der Waals surface area contributed by atoms with Gasteiger partial charge in [0.2, 0.25) is 0 Å². The monoisotopic (exact) mass is 384 g/mol. The average molecular weight is 385 g/mol. The van der Waals surface area contributed by atoms with Gasteiger partial charge in [0.1, 0.15) is 0 Å². The minimum absolute atomic E-state index is 1.04. The zero-order valence-corrected chi connectivity index (χ0v) is 17.1. The van der Waals surface area contributed by atoms with Crippen LogP contribution in [0.3, 0.4) is 0 Å². The minimum Gasteiger partial charge on any atom is -0.372 e. The normalized spacial score (nSPS) is 11.9. The summed E-state index contributed by atoms with van der Waals surface area (Å²) < 4.78 is 4.59. The first-order chi connectivity index (χ1) is 13.8. The van der Waals surface area contributed by atoms with E-state index in [9.17, 15) is 0 Å². The van der Waals surface area contributed by atoms with Crippen LogP contribution in [-0.4, -0.2) is 17.5 Å². The van der Waals surface area contributed by atoms with Gasteiger partial charge in [0.25, 0.3) is 0 Å². The standard InChI is InChI=1S/C25H24N2S/c1-3-27(4-2)21-15-13-19(14-16-21)9-5-6-10-20-17-23-22-11-7-8-12-24(22)26-28-25(23)18-20/h5-18H,3-4H2,1-2H3. The van der Waals surface area contributed by atoms with Gasteiger partial charge in [0.15, 0.2) is 0 Å². The fraction of sp³-hybridized carbons (Fsp3) is 0.160. The molecule has 0 saturated carbocycles. The molecule has 2 aliphatic rings. The molecule has 0 bridgehead atoms. The van der Waals surface area contributed by atoms with Gasteiger partial charge < -0.3 is 4.90 Å². The van der Waals surface area contributed by atoms with Crippen molar-refractivity contribution in [1.82, 2.24) is 4.37 Å². The van der Waals surface area contributed by atoms with Crippen LogP contribution in [0.1, 0.15) is 25.0 Å². The van der Waals surface area contributed by atoms with Crippen molar-refractivity contribution in [2.24, 2.45) is 0 Å². The van der Waals surface area contributed by atoms with Crippen molar-refractivity contribution in [3.63, 3.8) is 0 Å². The van der Waals surface area contributed by atoms with Gasteiger partial charge in [-0.1, -0.05) is 54.6 Å². The number of anilines is 1. The maximum atomic E-state index is 4.59. The first kappa shape index (κ1) is 18.5. The number of nitrogens with zero attached hydrogens (tertiary/aromatic N) is 2. The summed E-state index contributed by atoms with van der Waals surface area (Å²) in [5.41, 5.74) is 6.06. The Labute approximate surface area is 171 Å². The lowest BCUT2D eigenvalue weighted by Crippen LogP contribution is -2.21. The lowest BCUT2D eigenvalue weighted by molar-refractivity contribution is 0.866. The molecule has 1 aliphatic heterocycles. The van der Waals surface area contributed by atoms with E-state index in [2.05, 4.69) is 102 Å². The third-order valence-corrected chi connectivity index (χ3v) is 5.84. The highest BCUT2D eigenvalue weighted by Crippen LogP contribution is 2.35. The number of hydrogen-bond acceptors (Lipinski definition) is 3. The summed E-state index contributed by atoms with van der Waals surface area (Å²) in [6.07, 6.45) is 8.50. The van der Waals surface area contributed by atoms with Crippen molar-refractivity contribution in [3.05, 3.63) is 83.9 Å². The highest BCUT2D eigenvalue weighted by atomic mass is 32.1. The van der Waals surface area contributed by atoms with Gasteiger partial charge in [0.05, 0.1) is 10.4 Å². The molecule has 2 aromatic rings. The van der Waals surface area contributed by atoms with E-state index in [0.29, 0.717) is 0 Å². The predicted molar refractivity (Wildman–Crippen MR) is 124 cm³/mol. The third kappa shape index (κ3) is 3.85. The quantitative estimate of drug-likeness (QED) is 0.334. The molecule has 2 nitrogen and oxygen atoms in total. The van der Waals surface area contributed by atoms with E-state index >= 15 is 0 Å². The second kappa shape index (κ2) is 8.41. The summed E-state index contributed by atoms with van der Waals surface area (Å²) in [5.74, 6) is 0. The summed E-state index contributed by atoms with van der Waals surface area (Å²) in [6, 6.07) is 21.5. The summed E-state index contributed by atoms with van der Waals surface area (Å²) >= 11 is 1.56. The van der Waals surface area contributed by atoms with Crippen molar-refractivity contribution < 1.29 is 0 Å². The summed E-state index contributed by atoms with van der Waals surface area (Å²) in [4.78, 5) is 3.59. The van der Waals surface area contributed by atoms with Gasteiger partial charge in [-0.2, -0.15) is 4.37 Å². The molecule has 4 rings (SSSR count). The molecule has 0 fully saturated rings. The van der Waals surface area contributed by atoms with E-state index in [4.69, 9.17) is 0 Å². The highest BCUT2D eigenvalue weighted by Gasteiger charge is 2.10. The number of fused-ring (bicyclic) bond motifs is 3. The predicted octanol–water partition coefficient (Wildman–Crippen LogP) is 6.97. The van der Waals surface area contributed by atoms with Crippen LogP contribution >= 0.6 is 11.5 Å². The Bertz CT molecular complexity index is 1090. The molecule has 28 heavy (non-hydrogen) atoms. The van der Waals surface area contributed by atoms with E-state index in [1.54, 1.807) is 11.5 Å². The lowest BCUT2D eigenvalue weighted by atomic mass is 10.1. The molecule has 0 aromatic heterocycles. The smallest absolute Gasteiger partial charge is 0.0838 e. The van der Waals surface area contributed by atoms with Crippen LogP contribution in [0.25, 0.3) is 33.5 Å². The Morgan fingerprint density at radius 3 is 2.32 bits per heavy atom. The Balaban J connectivity index is 1.49. The van der Waals surface area contributed by atoms with Crippen molar-refractivity contribution >= 4 is 40.3 Å². The molecule has 0 radical (unpaired) electrons. The molecular formula is C25H24N2S. The zero-order valence-electron chi connectivity index (χ0n) is 16.3. The van der Waals surface area contributed by atoms with Crippen LogP contribution in [0, 0.1) is 0 Å². The Kier molecular flexibility index (Phi) is 5.54. The topological polar surface area (TPSA) is 16.1 Å². The first-order valence-electron chi connectivity index (χ1n) is 9.76. The number of allylic oxidation sites excluding steroid dienone is 2.